The molecule has 0 radical (unpaired) electrons. The highest BCUT2D eigenvalue weighted by molar-refractivity contribution is 5.71. The van der Waals surface area contributed by atoms with Gasteiger partial charge in [-0.3, -0.25) is 0 Å². The Morgan fingerprint density at radius 3 is 3.00 bits per heavy atom. The number of benzene rings is 1. The van der Waals surface area contributed by atoms with Crippen LogP contribution in [0.15, 0.2) is 24.3 Å². The number of hydrogen-bond acceptors (Lipinski definition) is 3. The van der Waals surface area contributed by atoms with Crippen molar-refractivity contribution < 1.29 is 14.3 Å². The van der Waals surface area contributed by atoms with E-state index >= 15 is 0 Å². The summed E-state index contributed by atoms with van der Waals surface area (Å²) in [7, 11) is 0. The lowest BCUT2D eigenvalue weighted by Gasteiger charge is -2.11. The zero-order chi connectivity index (χ0) is 8.39. The van der Waals surface area contributed by atoms with E-state index in [1.165, 1.54) is 0 Å². The number of cyclic esters (lactones) is 1. The van der Waals surface area contributed by atoms with Gasteiger partial charge in [-0.25, -0.2) is 4.79 Å². The molecule has 0 aliphatic carbocycles. The van der Waals surface area contributed by atoms with Gasteiger partial charge in [0.15, 0.2) is 6.61 Å². The number of fused-ring (bicyclic) bond motifs is 2. The zero-order valence-electron chi connectivity index (χ0n) is 6.45. The molecule has 62 valence electrons. The molecule has 3 heteroatoms. The first-order valence-electron chi connectivity index (χ1n) is 3.72. The second-order valence-corrected chi connectivity index (χ2v) is 2.60. The molecule has 1 aromatic carbocycles. The highest BCUT2D eigenvalue weighted by Gasteiger charge is 2.08. The second kappa shape index (κ2) is 2.85. The fourth-order valence-electron chi connectivity index (χ4n) is 1.07. The third-order valence-electron chi connectivity index (χ3n) is 1.65. The van der Waals surface area contributed by atoms with E-state index < -0.39 is 0 Å². The van der Waals surface area contributed by atoms with Gasteiger partial charge in [0.25, 0.3) is 0 Å². The number of rotatable bonds is 0. The maximum Gasteiger partial charge on any atom is 0.344 e. The maximum absolute atomic E-state index is 10.8. The molecule has 0 atom stereocenters. The first-order valence-corrected chi connectivity index (χ1v) is 3.72. The average molecular weight is 164 g/mol. The van der Waals surface area contributed by atoms with Crippen LogP contribution in [0, 0.1) is 0 Å². The van der Waals surface area contributed by atoms with Gasteiger partial charge in [-0.1, -0.05) is 12.1 Å². The monoisotopic (exact) mass is 164 g/mol. The largest absolute Gasteiger partial charge is 0.482 e. The van der Waals surface area contributed by atoms with E-state index in [4.69, 9.17) is 9.47 Å². The van der Waals surface area contributed by atoms with Gasteiger partial charge in [0, 0.05) is 0 Å². The summed E-state index contributed by atoms with van der Waals surface area (Å²) in [5, 5.41) is 0. The Labute approximate surface area is 69.9 Å². The molecule has 0 spiro atoms. The van der Waals surface area contributed by atoms with Crippen LogP contribution in [0.5, 0.6) is 5.75 Å². The Hall–Kier alpha value is -1.51. The summed E-state index contributed by atoms with van der Waals surface area (Å²) in [6.07, 6.45) is 0. The minimum atomic E-state index is -0.318. The van der Waals surface area contributed by atoms with Crippen molar-refractivity contribution in [1.29, 1.82) is 0 Å². The van der Waals surface area contributed by atoms with E-state index in [9.17, 15) is 4.79 Å². The Balaban J connectivity index is 2.30. The van der Waals surface area contributed by atoms with Crippen molar-refractivity contribution in [3.05, 3.63) is 29.8 Å². The second-order valence-electron chi connectivity index (χ2n) is 2.60. The van der Waals surface area contributed by atoms with Crippen LogP contribution in [0.3, 0.4) is 0 Å². The zero-order valence-corrected chi connectivity index (χ0v) is 6.45. The van der Waals surface area contributed by atoms with Crippen LogP contribution in [-0.2, 0) is 16.1 Å². The summed E-state index contributed by atoms with van der Waals surface area (Å²) in [4.78, 5) is 10.8. The highest BCUT2D eigenvalue weighted by atomic mass is 16.6. The fraction of sp³-hybridized carbons (Fsp3) is 0.222. The van der Waals surface area contributed by atoms with Crippen molar-refractivity contribution >= 4 is 5.97 Å². The minimum Gasteiger partial charge on any atom is -0.482 e. The van der Waals surface area contributed by atoms with Crippen molar-refractivity contribution in [3.8, 4) is 5.75 Å². The van der Waals surface area contributed by atoms with Crippen molar-refractivity contribution in [3.63, 3.8) is 0 Å². The van der Waals surface area contributed by atoms with Crippen molar-refractivity contribution in [2.45, 2.75) is 6.61 Å². The number of carbonyl (C=O) groups excluding carboxylic acids is 1. The van der Waals surface area contributed by atoms with E-state index in [2.05, 4.69) is 0 Å². The molecule has 1 aliphatic rings. The third kappa shape index (κ3) is 1.39. The molecule has 0 aromatic heterocycles. The number of carbonyl (C=O) groups is 1. The molecule has 0 amide bonds. The molecular formula is C9H8O3. The Morgan fingerprint density at radius 1 is 1.17 bits per heavy atom. The lowest BCUT2D eigenvalue weighted by Crippen LogP contribution is -2.16. The molecule has 12 heavy (non-hydrogen) atoms. The molecule has 3 nitrogen and oxygen atoms in total. The van der Waals surface area contributed by atoms with Gasteiger partial charge in [-0.15, -0.1) is 0 Å². The predicted molar refractivity (Wildman–Crippen MR) is 41.7 cm³/mol. The van der Waals surface area contributed by atoms with E-state index in [1.807, 2.05) is 24.3 Å². The molecule has 0 fully saturated rings. The molecular weight excluding hydrogens is 156 g/mol. The van der Waals surface area contributed by atoms with E-state index in [0.717, 1.165) is 11.3 Å². The van der Waals surface area contributed by atoms with Crippen LogP contribution in [0.25, 0.3) is 0 Å². The van der Waals surface area contributed by atoms with Crippen molar-refractivity contribution in [2.75, 3.05) is 6.61 Å². The molecule has 1 aliphatic heterocycles. The van der Waals surface area contributed by atoms with Gasteiger partial charge in [0.1, 0.15) is 12.4 Å². The molecule has 0 saturated heterocycles. The first-order chi connectivity index (χ1) is 5.84. The summed E-state index contributed by atoms with van der Waals surface area (Å²) >= 11 is 0. The predicted octanol–water partition coefficient (Wildman–Crippen LogP) is 1.12. The summed E-state index contributed by atoms with van der Waals surface area (Å²) < 4.78 is 9.98. The summed E-state index contributed by atoms with van der Waals surface area (Å²) in [5.41, 5.74) is 0.959. The molecule has 0 saturated carbocycles. The quantitative estimate of drug-likeness (QED) is 0.539. The topological polar surface area (TPSA) is 35.5 Å². The van der Waals surface area contributed by atoms with Gasteiger partial charge in [-0.2, -0.15) is 0 Å². The Kier molecular flexibility index (Phi) is 1.70. The van der Waals surface area contributed by atoms with E-state index in [-0.39, 0.29) is 12.6 Å². The smallest absolute Gasteiger partial charge is 0.344 e. The Morgan fingerprint density at radius 2 is 2.08 bits per heavy atom. The molecule has 1 heterocycles. The molecule has 2 bridgehead atoms. The lowest BCUT2D eigenvalue weighted by atomic mass is 10.2. The van der Waals surface area contributed by atoms with Gasteiger partial charge >= 0.3 is 5.97 Å². The van der Waals surface area contributed by atoms with Gasteiger partial charge < -0.3 is 9.47 Å². The van der Waals surface area contributed by atoms with Gasteiger partial charge in [0.05, 0.1) is 0 Å². The highest BCUT2D eigenvalue weighted by Crippen LogP contribution is 2.15. The normalized spacial score (nSPS) is 15.5. The summed E-state index contributed by atoms with van der Waals surface area (Å²) in [6, 6.07) is 7.46. The van der Waals surface area contributed by atoms with Crippen LogP contribution in [0.2, 0.25) is 0 Å². The molecule has 0 unspecified atom stereocenters. The maximum atomic E-state index is 10.8. The fourth-order valence-corrected chi connectivity index (χ4v) is 1.07. The standard InChI is InChI=1S/C9H8O3/c10-9-6-11-8-3-1-2-7(4-8)5-12-9/h1-4H,5-6H2. The summed E-state index contributed by atoms with van der Waals surface area (Å²) in [6.45, 7) is 0.347. The number of esters is 1. The molecule has 1 aromatic rings. The van der Waals surface area contributed by atoms with Gasteiger partial charge in [-0.05, 0) is 17.7 Å². The van der Waals surface area contributed by atoms with Crippen LogP contribution < -0.4 is 4.74 Å². The minimum absolute atomic E-state index is 0.00343. The number of hydrogen-bond donors (Lipinski definition) is 0. The van der Waals surface area contributed by atoms with Crippen LogP contribution in [0.4, 0.5) is 0 Å². The van der Waals surface area contributed by atoms with Crippen LogP contribution >= 0.6 is 0 Å². The number of ether oxygens (including phenoxy) is 2. The Bertz CT molecular complexity index is 281. The van der Waals surface area contributed by atoms with Crippen LogP contribution in [0.1, 0.15) is 5.56 Å². The molecule has 0 N–H and O–H groups in total. The van der Waals surface area contributed by atoms with Crippen molar-refractivity contribution in [2.24, 2.45) is 0 Å². The molecule has 2 rings (SSSR count). The SMILES string of the molecule is O=C1COc2cccc(c2)CO1. The third-order valence-corrected chi connectivity index (χ3v) is 1.65. The van der Waals surface area contributed by atoms with Crippen molar-refractivity contribution in [1.82, 2.24) is 0 Å². The average Bonchev–Trinajstić information content (AvgIpc) is 2.11. The van der Waals surface area contributed by atoms with E-state index in [1.54, 1.807) is 0 Å². The van der Waals surface area contributed by atoms with Gasteiger partial charge in [0.2, 0.25) is 0 Å². The van der Waals surface area contributed by atoms with E-state index in [0.29, 0.717) is 6.61 Å². The van der Waals surface area contributed by atoms with Crippen LogP contribution in [-0.4, -0.2) is 12.6 Å². The lowest BCUT2D eigenvalue weighted by molar-refractivity contribution is -0.147. The first kappa shape index (κ1) is 7.16. The summed E-state index contributed by atoms with van der Waals surface area (Å²) in [5.74, 6) is 0.408.